The van der Waals surface area contributed by atoms with Gasteiger partial charge in [0.05, 0.1) is 5.69 Å². The summed E-state index contributed by atoms with van der Waals surface area (Å²) in [4.78, 5) is 22.7. The summed E-state index contributed by atoms with van der Waals surface area (Å²) in [5.74, 6) is -0.876. The monoisotopic (exact) mass is 289 g/mol. The number of aldehydes is 1. The molecule has 0 radical (unpaired) electrons. The lowest BCUT2D eigenvalue weighted by molar-refractivity contribution is -0.274. The Hall–Kier alpha value is -2.05. The van der Waals surface area contributed by atoms with Crippen molar-refractivity contribution in [3.8, 4) is 5.75 Å². The van der Waals surface area contributed by atoms with Crippen LogP contribution >= 0.6 is 0 Å². The van der Waals surface area contributed by atoms with E-state index >= 15 is 0 Å². The first-order valence-electron chi connectivity index (χ1n) is 5.69. The summed E-state index contributed by atoms with van der Waals surface area (Å²) in [6.45, 7) is 5.01. The maximum absolute atomic E-state index is 12.1. The molecule has 0 heterocycles. The van der Waals surface area contributed by atoms with Gasteiger partial charge in [0.25, 0.3) is 0 Å². The van der Waals surface area contributed by atoms with Gasteiger partial charge in [-0.25, -0.2) is 0 Å². The third-order valence-electron chi connectivity index (χ3n) is 2.31. The molecule has 1 rings (SSSR count). The molecular weight excluding hydrogens is 275 g/mol. The molecule has 0 bridgehead atoms. The molecule has 0 aliphatic carbocycles. The fraction of sp³-hybridized carbons (Fsp3) is 0.385. The number of nitrogens with one attached hydrogen (secondary N) is 1. The van der Waals surface area contributed by atoms with E-state index in [1.165, 1.54) is 6.07 Å². The average molecular weight is 289 g/mol. The van der Waals surface area contributed by atoms with E-state index in [4.69, 9.17) is 0 Å². The second-order valence-electron chi connectivity index (χ2n) is 5.12. The van der Waals surface area contributed by atoms with Gasteiger partial charge in [-0.2, -0.15) is 0 Å². The van der Waals surface area contributed by atoms with E-state index in [-0.39, 0.29) is 17.2 Å². The van der Waals surface area contributed by atoms with E-state index in [1.807, 2.05) is 0 Å². The molecule has 20 heavy (non-hydrogen) atoms. The molecule has 0 saturated heterocycles. The Morgan fingerprint density at radius 3 is 2.30 bits per heavy atom. The van der Waals surface area contributed by atoms with E-state index < -0.39 is 17.5 Å². The number of benzene rings is 1. The topological polar surface area (TPSA) is 55.4 Å². The van der Waals surface area contributed by atoms with Gasteiger partial charge in [0.1, 0.15) is 5.75 Å². The van der Waals surface area contributed by atoms with Gasteiger partial charge in [0, 0.05) is 11.0 Å². The minimum Gasteiger partial charge on any atom is -0.406 e. The van der Waals surface area contributed by atoms with E-state index in [1.54, 1.807) is 20.8 Å². The Morgan fingerprint density at radius 2 is 1.85 bits per heavy atom. The lowest BCUT2D eigenvalue weighted by Crippen LogP contribution is -2.28. The van der Waals surface area contributed by atoms with Crippen molar-refractivity contribution in [3.63, 3.8) is 0 Å². The molecule has 1 N–H and O–H groups in total. The van der Waals surface area contributed by atoms with Gasteiger partial charge in [0.15, 0.2) is 6.29 Å². The van der Waals surface area contributed by atoms with Crippen LogP contribution in [0.25, 0.3) is 0 Å². The number of ether oxygens (including phenoxy) is 1. The Balaban J connectivity index is 3.00. The van der Waals surface area contributed by atoms with Gasteiger partial charge in [-0.05, 0) is 18.2 Å². The predicted molar refractivity (Wildman–Crippen MR) is 66.6 cm³/mol. The quantitative estimate of drug-likeness (QED) is 0.868. The number of alkyl halides is 3. The molecule has 0 atom stereocenters. The van der Waals surface area contributed by atoms with Crippen LogP contribution in [-0.2, 0) is 4.79 Å². The maximum Gasteiger partial charge on any atom is 0.573 e. The van der Waals surface area contributed by atoms with Gasteiger partial charge in [0.2, 0.25) is 5.91 Å². The molecule has 1 aromatic rings. The molecule has 0 aromatic heterocycles. The highest BCUT2D eigenvalue weighted by Crippen LogP contribution is 2.27. The Labute approximate surface area is 113 Å². The molecule has 0 fully saturated rings. The van der Waals surface area contributed by atoms with Crippen LogP contribution in [0.15, 0.2) is 18.2 Å². The first-order valence-corrected chi connectivity index (χ1v) is 5.69. The van der Waals surface area contributed by atoms with Crippen molar-refractivity contribution in [2.45, 2.75) is 27.1 Å². The highest BCUT2D eigenvalue weighted by molar-refractivity contribution is 5.99. The lowest BCUT2D eigenvalue weighted by Gasteiger charge is -2.19. The van der Waals surface area contributed by atoms with Crippen LogP contribution in [-0.4, -0.2) is 18.6 Å². The summed E-state index contributed by atoms with van der Waals surface area (Å²) in [6, 6.07) is 3.13. The number of anilines is 1. The number of halogens is 3. The third kappa shape index (κ3) is 4.56. The first kappa shape index (κ1) is 16.0. The molecular formula is C13H14F3NO3. The minimum absolute atomic E-state index is 0.0932. The highest BCUT2D eigenvalue weighted by atomic mass is 19.4. The van der Waals surface area contributed by atoms with E-state index in [0.29, 0.717) is 6.29 Å². The molecule has 7 heteroatoms. The van der Waals surface area contributed by atoms with Crippen molar-refractivity contribution in [2.75, 3.05) is 5.32 Å². The Morgan fingerprint density at radius 1 is 1.25 bits per heavy atom. The molecule has 110 valence electrons. The molecule has 0 unspecified atom stereocenters. The summed E-state index contributed by atoms with van der Waals surface area (Å²) in [5.41, 5.74) is -0.653. The van der Waals surface area contributed by atoms with Crippen LogP contribution in [0, 0.1) is 5.41 Å². The summed E-state index contributed by atoms with van der Waals surface area (Å²) < 4.78 is 39.9. The second-order valence-corrected chi connectivity index (χ2v) is 5.12. The van der Waals surface area contributed by atoms with Gasteiger partial charge < -0.3 is 10.1 Å². The Bertz CT molecular complexity index is 519. The van der Waals surface area contributed by atoms with Crippen LogP contribution < -0.4 is 10.1 Å². The van der Waals surface area contributed by atoms with Gasteiger partial charge in [-0.1, -0.05) is 20.8 Å². The molecule has 0 aliphatic rings. The van der Waals surface area contributed by atoms with Crippen molar-refractivity contribution in [2.24, 2.45) is 5.41 Å². The molecule has 1 amide bonds. The van der Waals surface area contributed by atoms with Crippen molar-refractivity contribution in [1.29, 1.82) is 0 Å². The minimum atomic E-state index is -4.84. The largest absolute Gasteiger partial charge is 0.573 e. The first-order chi connectivity index (χ1) is 9.03. The molecule has 0 spiro atoms. The van der Waals surface area contributed by atoms with Crippen LogP contribution in [0.2, 0.25) is 0 Å². The number of carbonyl (C=O) groups excluding carboxylic acids is 2. The van der Waals surface area contributed by atoms with Gasteiger partial charge in [-0.15, -0.1) is 13.2 Å². The maximum atomic E-state index is 12.1. The smallest absolute Gasteiger partial charge is 0.406 e. The number of carbonyl (C=O) groups is 2. The number of hydrogen-bond acceptors (Lipinski definition) is 3. The second kappa shape index (κ2) is 5.52. The zero-order valence-electron chi connectivity index (χ0n) is 11.2. The van der Waals surface area contributed by atoms with Crippen LogP contribution in [0.4, 0.5) is 18.9 Å². The summed E-state index contributed by atoms with van der Waals surface area (Å²) in [6.07, 6.45) is -4.49. The Kier molecular flexibility index (Phi) is 4.42. The van der Waals surface area contributed by atoms with Crippen molar-refractivity contribution >= 4 is 17.9 Å². The normalized spacial score (nSPS) is 11.9. The zero-order valence-corrected chi connectivity index (χ0v) is 11.2. The van der Waals surface area contributed by atoms with E-state index in [2.05, 4.69) is 10.1 Å². The van der Waals surface area contributed by atoms with Crippen molar-refractivity contribution in [1.82, 2.24) is 0 Å². The average Bonchev–Trinajstić information content (AvgIpc) is 2.27. The highest BCUT2D eigenvalue weighted by Gasteiger charge is 2.31. The lowest BCUT2D eigenvalue weighted by atomic mass is 9.95. The van der Waals surface area contributed by atoms with Gasteiger partial charge in [-0.3, -0.25) is 9.59 Å². The van der Waals surface area contributed by atoms with E-state index in [9.17, 15) is 22.8 Å². The molecule has 1 aromatic carbocycles. The number of rotatable bonds is 3. The van der Waals surface area contributed by atoms with Crippen molar-refractivity contribution < 1.29 is 27.5 Å². The van der Waals surface area contributed by atoms with Crippen LogP contribution in [0.3, 0.4) is 0 Å². The molecule has 4 nitrogen and oxygen atoms in total. The zero-order chi connectivity index (χ0) is 15.6. The summed E-state index contributed by atoms with van der Waals surface area (Å²) in [5, 5.41) is 2.48. The predicted octanol–water partition coefficient (Wildman–Crippen LogP) is 3.38. The fourth-order valence-electron chi connectivity index (χ4n) is 1.26. The van der Waals surface area contributed by atoms with Gasteiger partial charge >= 0.3 is 6.36 Å². The molecule has 0 aliphatic heterocycles. The molecule has 0 saturated carbocycles. The summed E-state index contributed by atoms with van der Waals surface area (Å²) >= 11 is 0. The third-order valence-corrected chi connectivity index (χ3v) is 2.31. The number of amides is 1. The number of hydrogen-bond donors (Lipinski definition) is 1. The fourth-order valence-corrected chi connectivity index (χ4v) is 1.26. The summed E-state index contributed by atoms with van der Waals surface area (Å²) in [7, 11) is 0. The standard InChI is InChI=1S/C13H14F3NO3/c1-12(2,3)11(19)17-10-5-4-9(6-8(10)7-18)20-13(14,15)16/h4-7H,1-3H3,(H,17,19). The SMILES string of the molecule is CC(C)(C)C(=O)Nc1ccc(OC(F)(F)F)cc1C=O. The van der Waals surface area contributed by atoms with Crippen LogP contribution in [0.5, 0.6) is 5.75 Å². The van der Waals surface area contributed by atoms with Crippen molar-refractivity contribution in [3.05, 3.63) is 23.8 Å². The van der Waals surface area contributed by atoms with E-state index in [0.717, 1.165) is 12.1 Å². The van der Waals surface area contributed by atoms with Crippen LogP contribution in [0.1, 0.15) is 31.1 Å².